The number of hydrogen-bond donors (Lipinski definition) is 3. The normalized spacial score (nSPS) is 11.0. The minimum Gasteiger partial charge on any atom is -0.322 e. The highest BCUT2D eigenvalue weighted by Gasteiger charge is 2.11. The first-order chi connectivity index (χ1) is 13.7. The van der Waals surface area contributed by atoms with Crippen LogP contribution in [0.2, 0.25) is 5.02 Å². The fraction of sp³-hybridized carbons (Fsp3) is 0. The van der Waals surface area contributed by atoms with Crippen LogP contribution in [0, 0.1) is 0 Å². The van der Waals surface area contributed by atoms with Crippen molar-refractivity contribution in [2.24, 2.45) is 5.14 Å². The topological polar surface area (TPSA) is 118 Å². The second-order valence-corrected chi connectivity index (χ2v) is 8.07. The molecule has 0 bridgehead atoms. The van der Waals surface area contributed by atoms with Crippen molar-refractivity contribution in [1.29, 1.82) is 0 Å². The zero-order chi connectivity index (χ0) is 21.0. The number of amides is 2. The molecule has 0 aliphatic rings. The molecule has 0 unspecified atom stereocenters. The number of sulfonamides is 1. The lowest BCUT2D eigenvalue weighted by molar-refractivity contribution is 0.102. The third-order valence-electron chi connectivity index (χ3n) is 3.91. The number of benzene rings is 3. The SMILES string of the molecule is NS(=O)(=O)c1cccc(NC(=O)c2ccc(NC(=O)c3cccc(Cl)c3)cc2)c1. The largest absolute Gasteiger partial charge is 0.322 e. The molecular formula is C20H16ClN3O4S. The maximum atomic E-state index is 12.4. The number of carbonyl (C=O) groups excluding carboxylic acids is 2. The molecule has 3 aromatic carbocycles. The molecule has 0 heterocycles. The van der Waals surface area contributed by atoms with Crippen LogP contribution >= 0.6 is 11.6 Å². The number of halogens is 1. The molecule has 0 spiro atoms. The average molecular weight is 430 g/mol. The van der Waals surface area contributed by atoms with Gasteiger partial charge in [-0.25, -0.2) is 13.6 Å². The number of anilines is 2. The summed E-state index contributed by atoms with van der Waals surface area (Å²) in [5.74, 6) is -0.770. The predicted octanol–water partition coefficient (Wildman–Crippen LogP) is 3.49. The molecule has 0 aliphatic heterocycles. The Balaban J connectivity index is 1.68. The van der Waals surface area contributed by atoms with Crippen molar-refractivity contribution in [2.75, 3.05) is 10.6 Å². The van der Waals surface area contributed by atoms with Crippen LogP contribution in [0.15, 0.2) is 77.7 Å². The van der Waals surface area contributed by atoms with E-state index in [-0.39, 0.29) is 10.8 Å². The fourth-order valence-corrected chi connectivity index (χ4v) is 3.24. The molecule has 0 aliphatic carbocycles. The lowest BCUT2D eigenvalue weighted by Gasteiger charge is -2.09. The summed E-state index contributed by atoms with van der Waals surface area (Å²) in [5, 5.41) is 10.9. The van der Waals surface area contributed by atoms with Crippen LogP contribution in [0.1, 0.15) is 20.7 Å². The molecule has 2 amide bonds. The van der Waals surface area contributed by atoms with E-state index in [9.17, 15) is 18.0 Å². The van der Waals surface area contributed by atoms with Crippen molar-refractivity contribution < 1.29 is 18.0 Å². The summed E-state index contributed by atoms with van der Waals surface area (Å²) in [7, 11) is -3.87. The molecule has 148 valence electrons. The highest BCUT2D eigenvalue weighted by Crippen LogP contribution is 2.17. The fourth-order valence-electron chi connectivity index (χ4n) is 2.49. The number of primary sulfonamides is 1. The molecule has 7 nitrogen and oxygen atoms in total. The molecule has 0 atom stereocenters. The molecule has 9 heteroatoms. The van der Waals surface area contributed by atoms with E-state index < -0.39 is 15.9 Å². The Labute approximate surface area is 172 Å². The third kappa shape index (κ3) is 5.41. The Bertz CT molecular complexity index is 1180. The van der Waals surface area contributed by atoms with Gasteiger partial charge in [0.2, 0.25) is 10.0 Å². The summed E-state index contributed by atoms with van der Waals surface area (Å²) in [4.78, 5) is 24.5. The molecule has 3 rings (SSSR count). The van der Waals surface area contributed by atoms with E-state index in [0.29, 0.717) is 27.5 Å². The van der Waals surface area contributed by atoms with Crippen molar-refractivity contribution >= 4 is 44.8 Å². The Morgan fingerprint density at radius 2 is 1.38 bits per heavy atom. The quantitative estimate of drug-likeness (QED) is 0.575. The molecule has 0 saturated carbocycles. The van der Waals surface area contributed by atoms with Crippen molar-refractivity contribution in [2.45, 2.75) is 4.90 Å². The standard InChI is InChI=1S/C20H16ClN3O4S/c21-15-4-1-3-14(11-15)20(26)23-16-9-7-13(8-10-16)19(25)24-17-5-2-6-18(12-17)29(22,27)28/h1-12H,(H,23,26)(H,24,25)(H2,22,27,28). The van der Waals surface area contributed by atoms with Gasteiger partial charge in [-0.1, -0.05) is 23.7 Å². The van der Waals surface area contributed by atoms with Gasteiger partial charge in [0, 0.05) is 27.5 Å². The molecule has 29 heavy (non-hydrogen) atoms. The maximum Gasteiger partial charge on any atom is 0.255 e. The second kappa shape index (κ2) is 8.44. The van der Waals surface area contributed by atoms with Crippen LogP contribution in [-0.2, 0) is 10.0 Å². The minimum atomic E-state index is -3.87. The Hall–Kier alpha value is -3.20. The van der Waals surface area contributed by atoms with Crippen LogP contribution < -0.4 is 15.8 Å². The van der Waals surface area contributed by atoms with Crippen LogP contribution in [0.4, 0.5) is 11.4 Å². The highest BCUT2D eigenvalue weighted by molar-refractivity contribution is 7.89. The van der Waals surface area contributed by atoms with Gasteiger partial charge in [-0.15, -0.1) is 0 Å². The van der Waals surface area contributed by atoms with Crippen LogP contribution in [0.25, 0.3) is 0 Å². The first-order valence-corrected chi connectivity index (χ1v) is 10.3. The second-order valence-electron chi connectivity index (χ2n) is 6.07. The van der Waals surface area contributed by atoms with Crippen molar-refractivity contribution in [3.8, 4) is 0 Å². The lowest BCUT2D eigenvalue weighted by Crippen LogP contribution is -2.15. The molecular weight excluding hydrogens is 414 g/mol. The summed E-state index contributed by atoms with van der Waals surface area (Å²) < 4.78 is 22.8. The number of hydrogen-bond acceptors (Lipinski definition) is 4. The van der Waals surface area contributed by atoms with Crippen molar-refractivity contribution in [1.82, 2.24) is 0 Å². The average Bonchev–Trinajstić information content (AvgIpc) is 2.68. The van der Waals surface area contributed by atoms with Crippen molar-refractivity contribution in [3.63, 3.8) is 0 Å². The van der Waals surface area contributed by atoms with Gasteiger partial charge in [-0.2, -0.15) is 0 Å². The summed E-state index contributed by atoms with van der Waals surface area (Å²) in [5.41, 5.74) is 1.53. The molecule has 3 aromatic rings. The zero-order valence-corrected chi connectivity index (χ0v) is 16.5. The van der Waals surface area contributed by atoms with Crippen LogP contribution in [-0.4, -0.2) is 20.2 Å². The van der Waals surface area contributed by atoms with Gasteiger partial charge in [0.15, 0.2) is 0 Å². The number of carbonyl (C=O) groups is 2. The summed E-state index contributed by atoms with van der Waals surface area (Å²) in [6, 6.07) is 18.4. The minimum absolute atomic E-state index is 0.102. The molecule has 0 fully saturated rings. The molecule has 0 radical (unpaired) electrons. The third-order valence-corrected chi connectivity index (χ3v) is 5.06. The summed E-state index contributed by atoms with van der Waals surface area (Å²) >= 11 is 5.88. The van der Waals surface area contributed by atoms with Gasteiger partial charge >= 0.3 is 0 Å². The predicted molar refractivity (Wildman–Crippen MR) is 112 cm³/mol. The van der Waals surface area contributed by atoms with E-state index in [4.69, 9.17) is 16.7 Å². The smallest absolute Gasteiger partial charge is 0.255 e. The lowest BCUT2D eigenvalue weighted by atomic mass is 10.1. The van der Waals surface area contributed by atoms with E-state index in [1.165, 1.54) is 30.3 Å². The van der Waals surface area contributed by atoms with E-state index in [1.807, 2.05) is 0 Å². The summed E-state index contributed by atoms with van der Waals surface area (Å²) in [6.45, 7) is 0. The van der Waals surface area contributed by atoms with E-state index >= 15 is 0 Å². The van der Waals surface area contributed by atoms with Gasteiger partial charge in [0.05, 0.1) is 4.90 Å². The van der Waals surface area contributed by atoms with Gasteiger partial charge in [-0.05, 0) is 60.7 Å². The van der Waals surface area contributed by atoms with Gasteiger partial charge in [0.1, 0.15) is 0 Å². The van der Waals surface area contributed by atoms with Gasteiger partial charge in [0.25, 0.3) is 11.8 Å². The summed E-state index contributed by atoms with van der Waals surface area (Å²) in [6.07, 6.45) is 0. The molecule has 4 N–H and O–H groups in total. The highest BCUT2D eigenvalue weighted by atomic mass is 35.5. The number of rotatable bonds is 5. The first kappa shape index (κ1) is 20.5. The molecule has 0 aromatic heterocycles. The van der Waals surface area contributed by atoms with Gasteiger partial charge < -0.3 is 10.6 Å². The van der Waals surface area contributed by atoms with Gasteiger partial charge in [-0.3, -0.25) is 9.59 Å². The Kier molecular flexibility index (Phi) is 5.97. The van der Waals surface area contributed by atoms with Crippen LogP contribution in [0.5, 0.6) is 0 Å². The Morgan fingerprint density at radius 3 is 2.03 bits per heavy atom. The first-order valence-electron chi connectivity index (χ1n) is 8.33. The monoisotopic (exact) mass is 429 g/mol. The van der Waals surface area contributed by atoms with Crippen LogP contribution in [0.3, 0.4) is 0 Å². The molecule has 0 saturated heterocycles. The zero-order valence-electron chi connectivity index (χ0n) is 14.9. The van der Waals surface area contributed by atoms with Crippen molar-refractivity contribution in [3.05, 3.63) is 88.9 Å². The number of nitrogens with two attached hydrogens (primary N) is 1. The van der Waals surface area contributed by atoms with E-state index in [2.05, 4.69) is 10.6 Å². The van der Waals surface area contributed by atoms with E-state index in [0.717, 1.165) is 0 Å². The maximum absolute atomic E-state index is 12.4. The Morgan fingerprint density at radius 1 is 0.759 bits per heavy atom. The number of nitrogens with one attached hydrogen (secondary N) is 2. The van der Waals surface area contributed by atoms with E-state index in [1.54, 1.807) is 42.5 Å².